The van der Waals surface area contributed by atoms with E-state index in [2.05, 4.69) is 10.2 Å². The van der Waals surface area contributed by atoms with Gasteiger partial charge >= 0.3 is 0 Å². The zero-order valence-corrected chi connectivity index (χ0v) is 11.6. The summed E-state index contributed by atoms with van der Waals surface area (Å²) in [6.07, 6.45) is 0.391. The van der Waals surface area contributed by atoms with Crippen molar-refractivity contribution in [3.8, 4) is 0 Å². The highest BCUT2D eigenvalue weighted by molar-refractivity contribution is 7.99. The minimum atomic E-state index is -0.333. The molecule has 0 spiro atoms. The minimum absolute atomic E-state index is 0.00592. The topological polar surface area (TPSA) is 47.8 Å². The van der Waals surface area contributed by atoms with E-state index in [-0.39, 0.29) is 11.6 Å². The molecule has 1 aromatic carbocycles. The van der Waals surface area contributed by atoms with Crippen LogP contribution in [0, 0.1) is 12.7 Å². The Morgan fingerprint density at radius 2 is 2.00 bits per heavy atom. The van der Waals surface area contributed by atoms with Gasteiger partial charge in [-0.1, -0.05) is 11.8 Å². The average Bonchev–Trinajstić information content (AvgIpc) is 2.71. The third-order valence-corrected chi connectivity index (χ3v) is 3.80. The summed E-state index contributed by atoms with van der Waals surface area (Å²) in [5.74, 6) is 1.14. The molecule has 0 atom stereocenters. The van der Waals surface area contributed by atoms with Gasteiger partial charge in [0, 0.05) is 24.8 Å². The molecule has 0 bridgehead atoms. The van der Waals surface area contributed by atoms with E-state index in [4.69, 9.17) is 0 Å². The van der Waals surface area contributed by atoms with Crippen molar-refractivity contribution in [3.63, 3.8) is 0 Å². The summed E-state index contributed by atoms with van der Waals surface area (Å²) in [4.78, 5) is 11.9. The van der Waals surface area contributed by atoms with E-state index >= 15 is 0 Å². The quantitative estimate of drug-likeness (QED) is 0.623. The van der Waals surface area contributed by atoms with Crippen LogP contribution in [0.15, 0.2) is 29.4 Å². The number of aromatic nitrogens is 3. The number of rotatable bonds is 5. The second-order valence-electron chi connectivity index (χ2n) is 4.12. The fourth-order valence-corrected chi connectivity index (χ4v) is 2.42. The minimum Gasteiger partial charge on any atom is -0.309 e. The first-order chi connectivity index (χ1) is 9.08. The maximum atomic E-state index is 12.7. The molecular formula is C13H14FN3OS. The molecule has 1 aromatic heterocycles. The molecule has 1 heterocycles. The molecule has 100 valence electrons. The van der Waals surface area contributed by atoms with Crippen LogP contribution < -0.4 is 0 Å². The molecule has 4 nitrogen and oxygen atoms in total. The van der Waals surface area contributed by atoms with Gasteiger partial charge in [-0.25, -0.2) is 4.39 Å². The summed E-state index contributed by atoms with van der Waals surface area (Å²) in [5.41, 5.74) is 0.538. The maximum absolute atomic E-state index is 12.7. The number of halogens is 1. The molecule has 0 aliphatic heterocycles. The predicted octanol–water partition coefficient (Wildman–Crippen LogP) is 2.63. The summed E-state index contributed by atoms with van der Waals surface area (Å²) in [7, 11) is 1.89. The van der Waals surface area contributed by atoms with Gasteiger partial charge in [-0.2, -0.15) is 0 Å². The van der Waals surface area contributed by atoms with Crippen LogP contribution in [0.1, 0.15) is 22.6 Å². The van der Waals surface area contributed by atoms with Gasteiger partial charge in [-0.3, -0.25) is 4.79 Å². The van der Waals surface area contributed by atoms with Gasteiger partial charge in [0.1, 0.15) is 11.6 Å². The molecule has 0 aliphatic carbocycles. The largest absolute Gasteiger partial charge is 0.309 e. The molecule has 2 rings (SSSR count). The van der Waals surface area contributed by atoms with Crippen molar-refractivity contribution >= 4 is 17.5 Å². The van der Waals surface area contributed by atoms with Crippen LogP contribution in [-0.4, -0.2) is 26.3 Å². The van der Waals surface area contributed by atoms with E-state index in [1.807, 2.05) is 18.5 Å². The van der Waals surface area contributed by atoms with Crippen molar-refractivity contribution in [2.24, 2.45) is 7.05 Å². The molecule has 0 unspecified atom stereocenters. The third kappa shape index (κ3) is 3.41. The van der Waals surface area contributed by atoms with Crippen LogP contribution in [-0.2, 0) is 7.05 Å². The van der Waals surface area contributed by atoms with Crippen LogP contribution in [0.5, 0.6) is 0 Å². The van der Waals surface area contributed by atoms with Gasteiger partial charge in [0.25, 0.3) is 0 Å². The molecule has 2 aromatic rings. The zero-order chi connectivity index (χ0) is 13.8. The first-order valence-corrected chi connectivity index (χ1v) is 6.84. The highest BCUT2D eigenvalue weighted by Gasteiger charge is 2.09. The van der Waals surface area contributed by atoms with Crippen molar-refractivity contribution in [3.05, 3.63) is 41.5 Å². The molecular weight excluding hydrogens is 265 g/mol. The molecule has 0 N–H and O–H groups in total. The smallest absolute Gasteiger partial charge is 0.190 e. The predicted molar refractivity (Wildman–Crippen MR) is 71.8 cm³/mol. The fraction of sp³-hybridized carbons (Fsp3) is 0.308. The van der Waals surface area contributed by atoms with Gasteiger partial charge in [0.2, 0.25) is 0 Å². The summed E-state index contributed by atoms with van der Waals surface area (Å²) >= 11 is 1.49. The summed E-state index contributed by atoms with van der Waals surface area (Å²) in [6.45, 7) is 1.88. The Morgan fingerprint density at radius 1 is 1.32 bits per heavy atom. The molecule has 19 heavy (non-hydrogen) atoms. The van der Waals surface area contributed by atoms with Crippen molar-refractivity contribution in [1.29, 1.82) is 0 Å². The SMILES string of the molecule is Cc1nnc(SCCC(=O)c2ccc(F)cc2)n1C. The van der Waals surface area contributed by atoms with E-state index in [9.17, 15) is 9.18 Å². The van der Waals surface area contributed by atoms with Crippen LogP contribution in [0.3, 0.4) is 0 Å². The van der Waals surface area contributed by atoms with E-state index in [0.29, 0.717) is 17.7 Å². The molecule has 0 aliphatic rings. The Balaban J connectivity index is 1.87. The Bertz CT molecular complexity index is 580. The zero-order valence-electron chi connectivity index (χ0n) is 10.8. The van der Waals surface area contributed by atoms with Crippen molar-refractivity contribution in [2.45, 2.75) is 18.5 Å². The number of hydrogen-bond acceptors (Lipinski definition) is 4. The standard InChI is InChI=1S/C13H14FN3OS/c1-9-15-16-13(17(9)2)19-8-7-12(18)10-3-5-11(14)6-4-10/h3-6H,7-8H2,1-2H3. The lowest BCUT2D eigenvalue weighted by molar-refractivity contribution is 0.0989. The van der Waals surface area contributed by atoms with Crippen LogP contribution >= 0.6 is 11.8 Å². The Morgan fingerprint density at radius 3 is 2.58 bits per heavy atom. The van der Waals surface area contributed by atoms with E-state index < -0.39 is 0 Å². The maximum Gasteiger partial charge on any atom is 0.190 e. The first kappa shape index (κ1) is 13.7. The van der Waals surface area contributed by atoms with Gasteiger partial charge in [0.05, 0.1) is 0 Å². The second kappa shape index (κ2) is 5.97. The molecule has 6 heteroatoms. The fourth-order valence-electron chi connectivity index (χ4n) is 1.53. The summed E-state index contributed by atoms with van der Waals surface area (Å²) in [6, 6.07) is 5.61. The van der Waals surface area contributed by atoms with Crippen molar-refractivity contribution < 1.29 is 9.18 Å². The van der Waals surface area contributed by atoms with Gasteiger partial charge in [-0.05, 0) is 31.2 Å². The van der Waals surface area contributed by atoms with Crippen molar-refractivity contribution in [1.82, 2.24) is 14.8 Å². The number of nitrogens with zero attached hydrogens (tertiary/aromatic N) is 3. The number of thioether (sulfide) groups is 1. The highest BCUT2D eigenvalue weighted by Crippen LogP contribution is 2.17. The Hall–Kier alpha value is -1.69. The second-order valence-corrected chi connectivity index (χ2v) is 5.18. The van der Waals surface area contributed by atoms with E-state index in [1.54, 1.807) is 0 Å². The Kier molecular flexibility index (Phi) is 4.31. The summed E-state index contributed by atoms with van der Waals surface area (Å²) < 4.78 is 14.6. The number of benzene rings is 1. The number of carbonyl (C=O) groups excluding carboxylic acids is 1. The number of aryl methyl sites for hydroxylation is 1. The van der Waals surface area contributed by atoms with E-state index in [1.165, 1.54) is 36.0 Å². The lowest BCUT2D eigenvalue weighted by Crippen LogP contribution is -2.01. The Labute approximate surface area is 115 Å². The number of Topliss-reactive ketones (excluding diaryl/α,β-unsaturated/α-hetero) is 1. The monoisotopic (exact) mass is 279 g/mol. The third-order valence-electron chi connectivity index (χ3n) is 2.78. The number of hydrogen-bond donors (Lipinski definition) is 0. The van der Waals surface area contributed by atoms with E-state index in [0.717, 1.165) is 11.0 Å². The van der Waals surface area contributed by atoms with Crippen LogP contribution in [0.25, 0.3) is 0 Å². The highest BCUT2D eigenvalue weighted by atomic mass is 32.2. The molecule has 0 amide bonds. The van der Waals surface area contributed by atoms with Gasteiger partial charge in [0.15, 0.2) is 10.9 Å². The van der Waals surface area contributed by atoms with Crippen molar-refractivity contribution in [2.75, 3.05) is 5.75 Å². The first-order valence-electron chi connectivity index (χ1n) is 5.85. The summed E-state index contributed by atoms with van der Waals surface area (Å²) in [5, 5.41) is 8.75. The van der Waals surface area contributed by atoms with Gasteiger partial charge in [-0.15, -0.1) is 10.2 Å². The average molecular weight is 279 g/mol. The van der Waals surface area contributed by atoms with Gasteiger partial charge < -0.3 is 4.57 Å². The van der Waals surface area contributed by atoms with Crippen LogP contribution in [0.2, 0.25) is 0 Å². The lowest BCUT2D eigenvalue weighted by Gasteiger charge is -2.02. The number of carbonyl (C=O) groups is 1. The normalized spacial score (nSPS) is 10.7. The van der Waals surface area contributed by atoms with Crippen LogP contribution in [0.4, 0.5) is 4.39 Å². The molecule has 0 saturated heterocycles. The molecule has 0 saturated carbocycles. The lowest BCUT2D eigenvalue weighted by atomic mass is 10.1. The molecule has 0 fully saturated rings. The molecule has 0 radical (unpaired) electrons. The number of ketones is 1.